The molecule has 42 heavy (non-hydrogen) atoms. The highest BCUT2D eigenvalue weighted by Crippen LogP contribution is 2.21. The topological polar surface area (TPSA) is 56.1 Å². The predicted molar refractivity (Wildman–Crippen MR) is 172 cm³/mol. The largest absolute Gasteiger partial charge is 0.494 e. The molecule has 5 nitrogen and oxygen atoms in total. The number of aromatic nitrogens is 2. The van der Waals surface area contributed by atoms with Gasteiger partial charge in [-0.05, 0) is 71.7 Å². The van der Waals surface area contributed by atoms with Crippen LogP contribution in [0.5, 0.6) is 5.75 Å². The van der Waals surface area contributed by atoms with Gasteiger partial charge in [0.25, 0.3) is 0 Å². The molecule has 0 aliphatic rings. The number of nitrogens with zero attached hydrogens (tertiary/aromatic N) is 2. The molecule has 0 fully saturated rings. The Kier molecular flexibility index (Phi) is 10.1. The zero-order chi connectivity index (χ0) is 29.1. The molecule has 0 saturated carbocycles. The van der Waals surface area contributed by atoms with Gasteiger partial charge in [0.05, 0.1) is 24.1 Å². The van der Waals surface area contributed by atoms with Gasteiger partial charge in [0.2, 0.25) is 5.91 Å². The van der Waals surface area contributed by atoms with Crippen LogP contribution in [0.25, 0.3) is 22.2 Å². The van der Waals surface area contributed by atoms with Crippen molar-refractivity contribution in [1.82, 2.24) is 14.9 Å². The van der Waals surface area contributed by atoms with Crippen LogP contribution in [0, 0.1) is 0 Å². The summed E-state index contributed by atoms with van der Waals surface area (Å²) in [5.41, 5.74) is 6.88. The number of hydrogen-bond acceptors (Lipinski definition) is 3. The number of fused-ring (bicyclic) bond motifs is 1. The molecule has 1 heterocycles. The maximum absolute atomic E-state index is 12.6. The van der Waals surface area contributed by atoms with Gasteiger partial charge < -0.3 is 14.6 Å². The Morgan fingerprint density at radius 1 is 0.810 bits per heavy atom. The van der Waals surface area contributed by atoms with Crippen LogP contribution in [0.1, 0.15) is 56.0 Å². The van der Waals surface area contributed by atoms with Crippen molar-refractivity contribution in [2.45, 2.75) is 58.4 Å². The number of ether oxygens (including phenoxy) is 1. The molecule has 0 radical (unpaired) electrons. The van der Waals surface area contributed by atoms with Crippen molar-refractivity contribution in [1.29, 1.82) is 0 Å². The molecule has 4 aromatic carbocycles. The fraction of sp³-hybridized carbons (Fsp3) is 0.297. The highest BCUT2D eigenvalue weighted by molar-refractivity contribution is 5.79. The Hall–Kier alpha value is -4.38. The average Bonchev–Trinajstić information content (AvgIpc) is 3.37. The fourth-order valence-corrected chi connectivity index (χ4v) is 5.24. The Balaban J connectivity index is 1.07. The van der Waals surface area contributed by atoms with Gasteiger partial charge in [0, 0.05) is 19.5 Å². The molecule has 5 rings (SSSR count). The van der Waals surface area contributed by atoms with E-state index in [0.717, 1.165) is 60.4 Å². The Morgan fingerprint density at radius 3 is 2.29 bits per heavy atom. The predicted octanol–water partition coefficient (Wildman–Crippen LogP) is 7.98. The van der Waals surface area contributed by atoms with Crippen molar-refractivity contribution in [2.24, 2.45) is 0 Å². The van der Waals surface area contributed by atoms with Gasteiger partial charge in [-0.3, -0.25) is 4.79 Å². The summed E-state index contributed by atoms with van der Waals surface area (Å²) in [6.45, 7) is 6.63. The zero-order valence-electron chi connectivity index (χ0n) is 24.8. The van der Waals surface area contributed by atoms with Gasteiger partial charge in [-0.2, -0.15) is 0 Å². The lowest BCUT2D eigenvalue weighted by Crippen LogP contribution is -2.26. The SMILES string of the molecule is CC(C)c1ccc(OCCCCn2c(CCCNC(=O)Cc3ccc(-c4ccccc4)cc3)nc3ccccc32)cc1. The maximum Gasteiger partial charge on any atom is 0.224 e. The van der Waals surface area contributed by atoms with Gasteiger partial charge in [0.1, 0.15) is 11.6 Å². The van der Waals surface area contributed by atoms with Crippen LogP contribution in [0.15, 0.2) is 103 Å². The van der Waals surface area contributed by atoms with Gasteiger partial charge in [-0.1, -0.05) is 92.7 Å². The number of imidazole rings is 1. The normalized spacial score (nSPS) is 11.2. The van der Waals surface area contributed by atoms with E-state index in [0.29, 0.717) is 25.5 Å². The summed E-state index contributed by atoms with van der Waals surface area (Å²) in [7, 11) is 0. The summed E-state index contributed by atoms with van der Waals surface area (Å²) in [4.78, 5) is 17.5. The van der Waals surface area contributed by atoms with Crippen LogP contribution >= 0.6 is 0 Å². The second kappa shape index (κ2) is 14.5. The van der Waals surface area contributed by atoms with Crippen molar-refractivity contribution in [3.05, 3.63) is 120 Å². The lowest BCUT2D eigenvalue weighted by atomic mass is 10.0. The number of unbranched alkanes of at least 4 members (excludes halogenated alkanes) is 1. The van der Waals surface area contributed by atoms with Crippen molar-refractivity contribution in [3.8, 4) is 16.9 Å². The van der Waals surface area contributed by atoms with Crippen LogP contribution < -0.4 is 10.1 Å². The number of para-hydroxylation sites is 2. The Morgan fingerprint density at radius 2 is 1.52 bits per heavy atom. The number of benzene rings is 4. The monoisotopic (exact) mass is 559 g/mol. The molecule has 0 bridgehead atoms. The quantitative estimate of drug-likeness (QED) is 0.140. The lowest BCUT2D eigenvalue weighted by molar-refractivity contribution is -0.120. The molecule has 5 heteroatoms. The molecular formula is C37H41N3O2. The summed E-state index contributed by atoms with van der Waals surface area (Å²) >= 11 is 0. The van der Waals surface area contributed by atoms with Gasteiger partial charge in [-0.25, -0.2) is 4.98 Å². The summed E-state index contributed by atoms with van der Waals surface area (Å²) < 4.78 is 8.32. The van der Waals surface area contributed by atoms with E-state index in [4.69, 9.17) is 9.72 Å². The summed E-state index contributed by atoms with van der Waals surface area (Å²) in [5, 5.41) is 3.09. The summed E-state index contributed by atoms with van der Waals surface area (Å²) in [6.07, 6.45) is 4.03. The zero-order valence-corrected chi connectivity index (χ0v) is 24.8. The average molecular weight is 560 g/mol. The third kappa shape index (κ3) is 7.88. The molecule has 0 saturated heterocycles. The second-order valence-corrected chi connectivity index (χ2v) is 11.1. The first kappa shape index (κ1) is 29.1. The Bertz CT molecular complexity index is 1560. The van der Waals surface area contributed by atoms with E-state index < -0.39 is 0 Å². The summed E-state index contributed by atoms with van der Waals surface area (Å²) in [5.74, 6) is 2.58. The van der Waals surface area contributed by atoms with Crippen molar-refractivity contribution in [2.75, 3.05) is 13.2 Å². The van der Waals surface area contributed by atoms with Crippen LogP contribution in [0.2, 0.25) is 0 Å². The first-order chi connectivity index (χ1) is 20.6. The lowest BCUT2D eigenvalue weighted by Gasteiger charge is -2.11. The minimum Gasteiger partial charge on any atom is -0.494 e. The molecule has 0 atom stereocenters. The van der Waals surface area contributed by atoms with E-state index >= 15 is 0 Å². The number of hydrogen-bond donors (Lipinski definition) is 1. The maximum atomic E-state index is 12.6. The van der Waals surface area contributed by atoms with Crippen LogP contribution in [0.4, 0.5) is 0 Å². The summed E-state index contributed by atoms with van der Waals surface area (Å²) in [6, 6.07) is 35.3. The van der Waals surface area contributed by atoms with E-state index in [9.17, 15) is 4.79 Å². The van der Waals surface area contributed by atoms with Gasteiger partial charge >= 0.3 is 0 Å². The number of amides is 1. The van der Waals surface area contributed by atoms with Crippen molar-refractivity contribution in [3.63, 3.8) is 0 Å². The highest BCUT2D eigenvalue weighted by atomic mass is 16.5. The molecule has 0 spiro atoms. The molecular weight excluding hydrogens is 518 g/mol. The number of rotatable bonds is 14. The second-order valence-electron chi connectivity index (χ2n) is 11.1. The minimum atomic E-state index is 0.0507. The standard InChI is InChI=1S/C37H41N3O2/c1-28(2)30-20-22-33(23-21-30)42-26-9-8-25-40-35-14-7-6-13-34(35)39-36(40)15-10-24-38-37(41)27-29-16-18-32(19-17-29)31-11-4-3-5-12-31/h3-7,11-14,16-23,28H,8-10,15,24-27H2,1-2H3,(H,38,41). The van der Waals surface area contributed by atoms with Crippen LogP contribution in [-0.4, -0.2) is 28.6 Å². The number of carbonyl (C=O) groups excluding carboxylic acids is 1. The minimum absolute atomic E-state index is 0.0507. The third-order valence-corrected chi connectivity index (χ3v) is 7.65. The molecule has 5 aromatic rings. The van der Waals surface area contributed by atoms with Crippen molar-refractivity contribution >= 4 is 16.9 Å². The number of nitrogens with one attached hydrogen (secondary N) is 1. The van der Waals surface area contributed by atoms with Crippen LogP contribution in [-0.2, 0) is 24.2 Å². The van der Waals surface area contributed by atoms with E-state index in [2.05, 4.69) is 90.5 Å². The molecule has 0 aliphatic carbocycles. The van der Waals surface area contributed by atoms with Crippen LogP contribution in [0.3, 0.4) is 0 Å². The number of carbonyl (C=O) groups is 1. The van der Waals surface area contributed by atoms with Gasteiger partial charge in [0.15, 0.2) is 0 Å². The van der Waals surface area contributed by atoms with E-state index in [1.54, 1.807) is 0 Å². The molecule has 0 aliphatic heterocycles. The molecule has 1 N–H and O–H groups in total. The first-order valence-electron chi connectivity index (χ1n) is 15.1. The van der Waals surface area contributed by atoms with Gasteiger partial charge in [-0.15, -0.1) is 0 Å². The molecule has 1 amide bonds. The van der Waals surface area contributed by atoms with E-state index in [1.165, 1.54) is 16.6 Å². The molecule has 1 aromatic heterocycles. The highest BCUT2D eigenvalue weighted by Gasteiger charge is 2.11. The number of aryl methyl sites for hydroxylation is 2. The van der Waals surface area contributed by atoms with Crippen molar-refractivity contribution < 1.29 is 9.53 Å². The fourth-order valence-electron chi connectivity index (χ4n) is 5.24. The molecule has 0 unspecified atom stereocenters. The van der Waals surface area contributed by atoms with E-state index in [-0.39, 0.29) is 5.91 Å². The molecule has 216 valence electrons. The Labute approximate surface area is 249 Å². The smallest absolute Gasteiger partial charge is 0.224 e. The van der Waals surface area contributed by atoms with E-state index in [1.807, 2.05) is 36.4 Å². The first-order valence-corrected chi connectivity index (χ1v) is 15.1. The third-order valence-electron chi connectivity index (χ3n) is 7.65.